The molecule has 1 aromatic heterocycles. The lowest BCUT2D eigenvalue weighted by atomic mass is 9.97. The third-order valence-electron chi connectivity index (χ3n) is 4.53. The summed E-state index contributed by atoms with van der Waals surface area (Å²) in [6.45, 7) is 1.69. The zero-order chi connectivity index (χ0) is 20.6. The number of carbonyl (C=O) groups is 2. The van der Waals surface area contributed by atoms with Crippen molar-refractivity contribution >= 4 is 34.4 Å². The van der Waals surface area contributed by atoms with Crippen molar-refractivity contribution in [2.45, 2.75) is 31.7 Å². The Labute approximate surface area is 164 Å². The van der Waals surface area contributed by atoms with Gasteiger partial charge < -0.3 is 14.0 Å². The predicted molar refractivity (Wildman–Crippen MR) is 97.8 cm³/mol. The largest absolute Gasteiger partial charge is 0.468 e. The Bertz CT molecular complexity index is 1080. The fraction of sp³-hybridized carbons (Fsp3) is 0.368. The van der Waals surface area contributed by atoms with Crippen LogP contribution in [0.3, 0.4) is 0 Å². The smallest absolute Gasteiger partial charge is 0.343 e. The predicted octanol–water partition coefficient (Wildman–Crippen LogP) is 3.09. The summed E-state index contributed by atoms with van der Waals surface area (Å²) >= 11 is 6.13. The maximum atomic E-state index is 15.5. The molecule has 0 spiro atoms. The summed E-state index contributed by atoms with van der Waals surface area (Å²) in [7, 11) is 1.07. The first-order chi connectivity index (χ1) is 13.3. The highest BCUT2D eigenvalue weighted by molar-refractivity contribution is 6.32. The van der Waals surface area contributed by atoms with Crippen LogP contribution >= 0.6 is 11.6 Å². The van der Waals surface area contributed by atoms with Crippen molar-refractivity contribution < 1.29 is 23.5 Å². The number of pyridine rings is 1. The van der Waals surface area contributed by atoms with Gasteiger partial charge in [0.2, 0.25) is 5.43 Å². The molecule has 1 atom stereocenters. The number of halogens is 2. The molecule has 1 saturated carbocycles. The van der Waals surface area contributed by atoms with Gasteiger partial charge in [-0.15, -0.1) is 0 Å². The summed E-state index contributed by atoms with van der Waals surface area (Å²) in [5.74, 6) is -4.33. The molecule has 0 N–H and O–H groups in total. The average Bonchev–Trinajstić information content (AvgIpc) is 3.50. The summed E-state index contributed by atoms with van der Waals surface area (Å²) in [6, 6.07) is 2.74. The molecule has 1 unspecified atom stereocenters. The Morgan fingerprint density at radius 2 is 2.14 bits per heavy atom. The van der Waals surface area contributed by atoms with Gasteiger partial charge in [0.15, 0.2) is 11.7 Å². The number of methoxy groups -OCH3 is 1. The molecule has 0 saturated heterocycles. The minimum Gasteiger partial charge on any atom is -0.468 e. The number of carbonyl (C=O) groups excluding carboxylic acids is 2. The summed E-state index contributed by atoms with van der Waals surface area (Å²) < 4.78 is 26.4. The van der Waals surface area contributed by atoms with Crippen LogP contribution in [0, 0.1) is 17.1 Å². The number of fused-ring (bicyclic) bond motifs is 1. The highest BCUT2D eigenvalue weighted by Crippen LogP contribution is 2.40. The van der Waals surface area contributed by atoms with Crippen LogP contribution in [0.25, 0.3) is 10.9 Å². The Hall–Kier alpha value is -2.92. The molecule has 1 fully saturated rings. The van der Waals surface area contributed by atoms with E-state index in [2.05, 4.69) is 4.74 Å². The van der Waals surface area contributed by atoms with E-state index in [1.165, 1.54) is 16.8 Å². The van der Waals surface area contributed by atoms with Crippen molar-refractivity contribution in [2.75, 3.05) is 13.7 Å². The average molecular weight is 407 g/mol. The van der Waals surface area contributed by atoms with E-state index in [0.717, 1.165) is 20.0 Å². The minimum absolute atomic E-state index is 0.0801. The van der Waals surface area contributed by atoms with Crippen molar-refractivity contribution in [1.82, 2.24) is 4.57 Å². The highest BCUT2D eigenvalue weighted by Gasteiger charge is 2.33. The lowest BCUT2D eigenvalue weighted by molar-refractivity contribution is -0.141. The Balaban J connectivity index is 2.37. The molecule has 0 amide bonds. The molecule has 2 aromatic rings. The van der Waals surface area contributed by atoms with Gasteiger partial charge in [-0.2, -0.15) is 5.26 Å². The van der Waals surface area contributed by atoms with Crippen molar-refractivity contribution in [3.05, 3.63) is 44.5 Å². The number of hydrogen-bond donors (Lipinski definition) is 0. The quantitative estimate of drug-likeness (QED) is 0.707. The van der Waals surface area contributed by atoms with Crippen LogP contribution < -0.4 is 5.43 Å². The molecule has 3 rings (SSSR count). The summed E-state index contributed by atoms with van der Waals surface area (Å²) in [6.07, 6.45) is 2.73. The van der Waals surface area contributed by atoms with Gasteiger partial charge in [0.1, 0.15) is 5.56 Å². The second-order valence-corrected chi connectivity index (χ2v) is 6.71. The molecule has 0 aliphatic heterocycles. The van der Waals surface area contributed by atoms with Crippen molar-refractivity contribution in [3.63, 3.8) is 0 Å². The number of rotatable bonds is 5. The lowest BCUT2D eigenvalue weighted by Gasteiger charge is -2.17. The van der Waals surface area contributed by atoms with Gasteiger partial charge >= 0.3 is 11.9 Å². The van der Waals surface area contributed by atoms with E-state index in [0.29, 0.717) is 0 Å². The summed E-state index contributed by atoms with van der Waals surface area (Å²) in [4.78, 5) is 36.8. The Morgan fingerprint density at radius 3 is 2.68 bits per heavy atom. The van der Waals surface area contributed by atoms with E-state index < -0.39 is 29.1 Å². The van der Waals surface area contributed by atoms with Crippen LogP contribution in [-0.4, -0.2) is 30.2 Å². The fourth-order valence-electron chi connectivity index (χ4n) is 3.07. The molecule has 28 heavy (non-hydrogen) atoms. The summed E-state index contributed by atoms with van der Waals surface area (Å²) in [5, 5.41) is 8.92. The second kappa shape index (κ2) is 7.60. The van der Waals surface area contributed by atoms with Crippen molar-refractivity contribution in [1.29, 1.82) is 5.26 Å². The van der Waals surface area contributed by atoms with Gasteiger partial charge in [0.25, 0.3) is 0 Å². The first-order valence-corrected chi connectivity index (χ1v) is 8.94. The van der Waals surface area contributed by atoms with Crippen molar-refractivity contribution in [3.8, 4) is 6.07 Å². The highest BCUT2D eigenvalue weighted by atomic mass is 35.5. The molecule has 0 radical (unpaired) electrons. The number of nitrogens with zero attached hydrogens (tertiary/aromatic N) is 2. The molecular formula is C19H16ClFN2O5. The number of hydrogen-bond acceptors (Lipinski definition) is 6. The molecule has 7 nitrogen and oxygen atoms in total. The number of ether oxygens (including phenoxy) is 2. The third-order valence-corrected chi connectivity index (χ3v) is 4.85. The monoisotopic (exact) mass is 406 g/mol. The molecule has 0 bridgehead atoms. The van der Waals surface area contributed by atoms with Gasteiger partial charge in [-0.25, -0.2) is 9.18 Å². The van der Waals surface area contributed by atoms with Gasteiger partial charge in [-0.3, -0.25) is 9.59 Å². The van der Waals surface area contributed by atoms with Crippen LogP contribution in [0.4, 0.5) is 4.39 Å². The number of nitriles is 1. The zero-order valence-corrected chi connectivity index (χ0v) is 15.9. The normalized spacial score (nSPS) is 14.4. The van der Waals surface area contributed by atoms with Crippen LogP contribution in [0.2, 0.25) is 5.02 Å². The number of esters is 2. The first-order valence-electron chi connectivity index (χ1n) is 8.56. The first kappa shape index (κ1) is 19.8. The van der Waals surface area contributed by atoms with E-state index in [-0.39, 0.29) is 39.7 Å². The van der Waals surface area contributed by atoms with Gasteiger partial charge in [0.05, 0.1) is 30.7 Å². The van der Waals surface area contributed by atoms with Crippen LogP contribution in [0.15, 0.2) is 17.1 Å². The molecule has 1 heterocycles. The number of aromatic nitrogens is 1. The molecular weight excluding hydrogens is 391 g/mol. The van der Waals surface area contributed by atoms with E-state index in [1.807, 2.05) is 0 Å². The molecule has 146 valence electrons. The van der Waals surface area contributed by atoms with Gasteiger partial charge in [-0.1, -0.05) is 11.6 Å². The maximum absolute atomic E-state index is 15.5. The third kappa shape index (κ3) is 3.22. The van der Waals surface area contributed by atoms with E-state index in [1.54, 1.807) is 13.0 Å². The molecule has 1 aliphatic rings. The van der Waals surface area contributed by atoms with Crippen LogP contribution in [0.5, 0.6) is 0 Å². The van der Waals surface area contributed by atoms with Gasteiger partial charge in [-0.05, 0) is 25.8 Å². The topological polar surface area (TPSA) is 98.4 Å². The van der Waals surface area contributed by atoms with Crippen LogP contribution in [-0.2, 0) is 14.3 Å². The Morgan fingerprint density at radius 1 is 1.46 bits per heavy atom. The fourth-order valence-corrected chi connectivity index (χ4v) is 3.37. The lowest BCUT2D eigenvalue weighted by Crippen LogP contribution is -2.22. The molecule has 1 aromatic carbocycles. The van der Waals surface area contributed by atoms with Crippen molar-refractivity contribution in [2.24, 2.45) is 0 Å². The van der Waals surface area contributed by atoms with Gasteiger partial charge in [0, 0.05) is 22.8 Å². The SMILES string of the molecule is CCOC(=O)c1cn(C2CC2)c2c(F)c(C(C#N)C(=O)OC)c(Cl)cc2c1=O. The molecule has 9 heteroatoms. The maximum Gasteiger partial charge on any atom is 0.343 e. The van der Waals surface area contributed by atoms with Crippen LogP contribution in [0.1, 0.15) is 47.6 Å². The standard InChI is InChI=1S/C19H16ClFN2O5/c1-3-28-19(26)12-8-23(9-4-5-9)16-10(17(12)24)6-13(20)14(15(16)21)11(7-22)18(25)27-2/h6,8-9,11H,3-5H2,1-2H3. The van der Waals surface area contributed by atoms with E-state index in [9.17, 15) is 19.6 Å². The van der Waals surface area contributed by atoms with E-state index in [4.69, 9.17) is 16.3 Å². The number of benzene rings is 1. The molecule has 1 aliphatic carbocycles. The zero-order valence-electron chi connectivity index (χ0n) is 15.1. The van der Waals surface area contributed by atoms with E-state index >= 15 is 4.39 Å². The second-order valence-electron chi connectivity index (χ2n) is 6.30. The summed E-state index contributed by atoms with van der Waals surface area (Å²) in [5.41, 5.74) is -1.43. The minimum atomic E-state index is -1.59. The Kier molecular flexibility index (Phi) is 5.38.